The van der Waals surface area contributed by atoms with E-state index in [2.05, 4.69) is 47.1 Å². The molecule has 1 aliphatic heterocycles. The zero-order valence-electron chi connectivity index (χ0n) is 21.0. The Kier molecular flexibility index (Phi) is 7.39. The lowest BCUT2D eigenvalue weighted by molar-refractivity contribution is 0.0204. The molecule has 184 valence electrons. The van der Waals surface area contributed by atoms with Gasteiger partial charge in [-0.3, -0.25) is 4.98 Å². The number of hydrogen-bond acceptors (Lipinski definition) is 4. The van der Waals surface area contributed by atoms with E-state index in [0.29, 0.717) is 19.1 Å². The Morgan fingerprint density at radius 1 is 1.06 bits per heavy atom. The molecule has 3 aromatic rings. The van der Waals surface area contributed by atoms with Gasteiger partial charge in [-0.05, 0) is 94.6 Å². The number of rotatable bonds is 5. The highest BCUT2D eigenvalue weighted by molar-refractivity contribution is 5.68. The Hall–Kier alpha value is -3.41. The Morgan fingerprint density at radius 2 is 1.71 bits per heavy atom. The van der Waals surface area contributed by atoms with Gasteiger partial charge in [-0.15, -0.1) is 0 Å². The number of piperidine rings is 1. The number of benzene rings is 2. The van der Waals surface area contributed by atoms with Gasteiger partial charge in [0.05, 0.1) is 5.69 Å². The first-order valence-electron chi connectivity index (χ1n) is 12.2. The molecular weight excluding hydrogens is 441 g/mol. The average Bonchev–Trinajstić information content (AvgIpc) is 2.83. The first-order chi connectivity index (χ1) is 16.7. The van der Waals surface area contributed by atoms with Crippen LogP contribution in [0.25, 0.3) is 11.3 Å². The van der Waals surface area contributed by atoms with Gasteiger partial charge in [-0.25, -0.2) is 9.18 Å². The van der Waals surface area contributed by atoms with Crippen molar-refractivity contribution in [3.05, 3.63) is 83.8 Å². The fourth-order valence-corrected chi connectivity index (χ4v) is 4.40. The third kappa shape index (κ3) is 6.59. The van der Waals surface area contributed by atoms with E-state index >= 15 is 0 Å². The quantitative estimate of drug-likeness (QED) is 0.417. The molecule has 0 spiro atoms. The molecule has 5 nitrogen and oxygen atoms in total. The van der Waals surface area contributed by atoms with Crippen LogP contribution in [-0.4, -0.2) is 40.7 Å². The maximum Gasteiger partial charge on any atom is 0.410 e. The predicted molar refractivity (Wildman–Crippen MR) is 138 cm³/mol. The zero-order valence-corrected chi connectivity index (χ0v) is 21.0. The van der Waals surface area contributed by atoms with Crippen molar-refractivity contribution in [2.75, 3.05) is 18.0 Å². The average molecular weight is 476 g/mol. The summed E-state index contributed by atoms with van der Waals surface area (Å²) in [6, 6.07) is 19.4. The maximum atomic E-state index is 13.4. The Morgan fingerprint density at radius 3 is 2.34 bits per heavy atom. The Bertz CT molecular complexity index is 1130. The molecule has 0 saturated carbocycles. The lowest BCUT2D eigenvalue weighted by Gasteiger charge is -2.40. The molecule has 0 unspecified atom stereocenters. The minimum atomic E-state index is -0.495. The molecule has 1 saturated heterocycles. The van der Waals surface area contributed by atoms with Gasteiger partial charge in [0.25, 0.3) is 0 Å². The summed E-state index contributed by atoms with van der Waals surface area (Å²) in [6.07, 6.45) is 3.30. The van der Waals surface area contributed by atoms with E-state index in [1.807, 2.05) is 37.9 Å². The summed E-state index contributed by atoms with van der Waals surface area (Å²) in [6.45, 7) is 9.82. The number of aryl methyl sites for hydroxylation is 1. The number of carbonyl (C=O) groups excluding carboxylic acids is 1. The number of halogens is 1. The van der Waals surface area contributed by atoms with E-state index in [4.69, 9.17) is 4.74 Å². The molecule has 2 aromatic carbocycles. The Labute approximate surface area is 207 Å². The van der Waals surface area contributed by atoms with Gasteiger partial charge in [0, 0.05) is 43.1 Å². The van der Waals surface area contributed by atoms with E-state index in [-0.39, 0.29) is 11.9 Å². The summed E-state index contributed by atoms with van der Waals surface area (Å²) in [7, 11) is 0. The summed E-state index contributed by atoms with van der Waals surface area (Å²) in [4.78, 5) is 21.3. The second-order valence-corrected chi connectivity index (χ2v) is 10.2. The van der Waals surface area contributed by atoms with Crippen LogP contribution in [-0.2, 0) is 11.3 Å². The van der Waals surface area contributed by atoms with Crippen molar-refractivity contribution in [1.82, 2.24) is 9.88 Å². The van der Waals surface area contributed by atoms with E-state index in [1.165, 1.54) is 17.7 Å². The first kappa shape index (κ1) is 24.7. The van der Waals surface area contributed by atoms with Gasteiger partial charge < -0.3 is 14.5 Å². The van der Waals surface area contributed by atoms with Gasteiger partial charge >= 0.3 is 6.09 Å². The van der Waals surface area contributed by atoms with E-state index < -0.39 is 5.60 Å². The highest BCUT2D eigenvalue weighted by Crippen LogP contribution is 2.28. The topological polar surface area (TPSA) is 45.7 Å². The highest BCUT2D eigenvalue weighted by Gasteiger charge is 2.30. The number of carbonyl (C=O) groups is 1. The first-order valence-corrected chi connectivity index (χ1v) is 12.2. The lowest BCUT2D eigenvalue weighted by atomic mass is 10.0. The second-order valence-electron chi connectivity index (χ2n) is 10.2. The van der Waals surface area contributed by atoms with E-state index in [1.54, 1.807) is 12.1 Å². The number of ether oxygens (including phenoxy) is 1. The molecular formula is C29H34FN3O2. The van der Waals surface area contributed by atoms with Crippen molar-refractivity contribution in [1.29, 1.82) is 0 Å². The summed E-state index contributed by atoms with van der Waals surface area (Å²) in [5.74, 6) is -0.256. The molecule has 4 rings (SSSR count). The molecule has 1 fully saturated rings. The second kappa shape index (κ2) is 10.5. The number of likely N-dealkylation sites (tertiary alicyclic amines) is 1. The lowest BCUT2D eigenvalue weighted by Crippen LogP contribution is -2.48. The number of aromatic nitrogens is 1. The smallest absolute Gasteiger partial charge is 0.410 e. The maximum absolute atomic E-state index is 13.4. The normalized spacial score (nSPS) is 14.6. The van der Waals surface area contributed by atoms with Crippen LogP contribution in [0.5, 0.6) is 0 Å². The minimum Gasteiger partial charge on any atom is -0.444 e. The van der Waals surface area contributed by atoms with Crippen LogP contribution in [0, 0.1) is 12.7 Å². The molecule has 0 aliphatic carbocycles. The number of amides is 1. The predicted octanol–water partition coefficient (Wildman–Crippen LogP) is 6.60. The van der Waals surface area contributed by atoms with Crippen LogP contribution in [0.15, 0.2) is 66.9 Å². The number of nitrogens with zero attached hydrogens (tertiary/aromatic N) is 3. The van der Waals surface area contributed by atoms with E-state index in [0.717, 1.165) is 41.9 Å². The van der Waals surface area contributed by atoms with Crippen LogP contribution in [0.2, 0.25) is 0 Å². The third-order valence-electron chi connectivity index (χ3n) is 6.24. The van der Waals surface area contributed by atoms with Crippen LogP contribution in [0.1, 0.15) is 44.7 Å². The summed E-state index contributed by atoms with van der Waals surface area (Å²) >= 11 is 0. The molecule has 35 heavy (non-hydrogen) atoms. The van der Waals surface area contributed by atoms with Crippen molar-refractivity contribution in [2.24, 2.45) is 0 Å². The molecule has 1 amide bonds. The summed E-state index contributed by atoms with van der Waals surface area (Å²) < 4.78 is 18.9. The standard InChI is InChI=1S/C29H34FN3O2/c1-21-5-11-25(12-6-21)33(26-14-17-32(18-15-26)28(34)35-29(2,3)4)20-22-13-16-31-27(19-22)23-7-9-24(30)10-8-23/h5-13,16,19,26H,14-15,17-18,20H2,1-4H3. The van der Waals surface area contributed by atoms with Crippen molar-refractivity contribution >= 4 is 11.8 Å². The third-order valence-corrected chi connectivity index (χ3v) is 6.24. The van der Waals surface area contributed by atoms with Crippen molar-refractivity contribution < 1.29 is 13.9 Å². The van der Waals surface area contributed by atoms with Crippen LogP contribution in [0.3, 0.4) is 0 Å². The number of anilines is 1. The molecule has 1 aliphatic rings. The van der Waals surface area contributed by atoms with Crippen molar-refractivity contribution in [3.63, 3.8) is 0 Å². The molecule has 1 aromatic heterocycles. The van der Waals surface area contributed by atoms with Gasteiger partial charge in [0.1, 0.15) is 11.4 Å². The van der Waals surface area contributed by atoms with Gasteiger partial charge in [-0.1, -0.05) is 17.7 Å². The summed E-state index contributed by atoms with van der Waals surface area (Å²) in [5, 5.41) is 0. The SMILES string of the molecule is Cc1ccc(N(Cc2ccnc(-c3ccc(F)cc3)c2)C2CCN(C(=O)OC(C)(C)C)CC2)cc1. The zero-order chi connectivity index (χ0) is 25.0. The molecule has 2 heterocycles. The van der Waals surface area contributed by atoms with E-state index in [9.17, 15) is 9.18 Å². The molecule has 0 atom stereocenters. The molecule has 0 radical (unpaired) electrons. The molecule has 0 N–H and O–H groups in total. The van der Waals surface area contributed by atoms with Gasteiger partial charge in [-0.2, -0.15) is 0 Å². The van der Waals surface area contributed by atoms with Crippen LogP contribution >= 0.6 is 0 Å². The molecule has 6 heteroatoms. The van der Waals surface area contributed by atoms with Crippen LogP contribution < -0.4 is 4.90 Å². The number of pyridine rings is 1. The van der Waals surface area contributed by atoms with Gasteiger partial charge in [0.15, 0.2) is 0 Å². The Balaban J connectivity index is 1.53. The monoisotopic (exact) mass is 475 g/mol. The van der Waals surface area contributed by atoms with Crippen molar-refractivity contribution in [2.45, 2.75) is 58.7 Å². The largest absolute Gasteiger partial charge is 0.444 e. The summed E-state index contributed by atoms with van der Waals surface area (Å²) in [5.41, 5.74) is 4.73. The minimum absolute atomic E-state index is 0.240. The molecule has 0 bridgehead atoms. The van der Waals surface area contributed by atoms with Crippen LogP contribution in [0.4, 0.5) is 14.9 Å². The van der Waals surface area contributed by atoms with Gasteiger partial charge in [0.2, 0.25) is 0 Å². The fourth-order valence-electron chi connectivity index (χ4n) is 4.40. The highest BCUT2D eigenvalue weighted by atomic mass is 19.1. The number of hydrogen-bond donors (Lipinski definition) is 0. The fraction of sp³-hybridized carbons (Fsp3) is 0.379. The van der Waals surface area contributed by atoms with Crippen molar-refractivity contribution in [3.8, 4) is 11.3 Å².